The fourth-order valence-corrected chi connectivity index (χ4v) is 9.78. The summed E-state index contributed by atoms with van der Waals surface area (Å²) in [4.78, 5) is 0. The first-order chi connectivity index (χ1) is 29.7. The quantitative estimate of drug-likeness (QED) is 0.121. The van der Waals surface area contributed by atoms with Crippen LogP contribution in [0.15, 0.2) is 231 Å². The molecule has 0 atom stereocenters. The van der Waals surface area contributed by atoms with Gasteiger partial charge in [0.1, 0.15) is 0 Å². The second-order valence-corrected chi connectivity index (χ2v) is 16.0. The number of hydrogen-bond acceptors (Lipinski definition) is 0. The van der Waals surface area contributed by atoms with Crippen LogP contribution in [0, 0.1) is 0 Å². The van der Waals surface area contributed by atoms with E-state index in [-0.39, 0.29) is 0 Å². The van der Waals surface area contributed by atoms with Gasteiger partial charge in [-0.1, -0.05) is 194 Å². The Balaban J connectivity index is 1.05. The highest BCUT2D eigenvalue weighted by Gasteiger charge is 2.18. The normalized spacial score (nSPS) is 11.7. The zero-order valence-corrected chi connectivity index (χ0v) is 32.9. The topological polar surface area (TPSA) is 0 Å². The van der Waals surface area contributed by atoms with E-state index in [1.165, 1.54) is 120 Å². The Morgan fingerprint density at radius 1 is 0.150 bits per heavy atom. The molecule has 0 aliphatic heterocycles. The minimum atomic E-state index is 1.20. The summed E-state index contributed by atoms with van der Waals surface area (Å²) in [6, 6.07) is 85.2. The summed E-state index contributed by atoms with van der Waals surface area (Å²) in [6.45, 7) is 0. The molecule has 12 aromatic carbocycles. The third-order valence-electron chi connectivity index (χ3n) is 12.6. The van der Waals surface area contributed by atoms with Gasteiger partial charge in [-0.2, -0.15) is 0 Å². The maximum atomic E-state index is 2.44. The molecule has 0 fully saturated rings. The highest BCUT2D eigenvalue weighted by molar-refractivity contribution is 6.27. The van der Waals surface area contributed by atoms with Gasteiger partial charge in [-0.15, -0.1) is 0 Å². The summed E-state index contributed by atoms with van der Waals surface area (Å²) in [5.41, 5.74) is 12.3. The molecule has 0 heteroatoms. The molecule has 0 unspecified atom stereocenters. The van der Waals surface area contributed by atoms with E-state index < -0.39 is 0 Å². The summed E-state index contributed by atoms with van der Waals surface area (Å²) in [5.74, 6) is 0. The molecular weight excluding hydrogens is 721 g/mol. The first-order valence-corrected chi connectivity index (χ1v) is 20.8. The average Bonchev–Trinajstić information content (AvgIpc) is 3.33. The largest absolute Gasteiger partial charge is 0.0622 e. The van der Waals surface area contributed by atoms with Crippen molar-refractivity contribution in [2.45, 2.75) is 0 Å². The molecule has 0 saturated carbocycles. The van der Waals surface area contributed by atoms with Crippen molar-refractivity contribution in [1.29, 1.82) is 0 Å². The zero-order valence-electron chi connectivity index (χ0n) is 32.9. The summed E-state index contributed by atoms with van der Waals surface area (Å²) in [5, 5.41) is 15.2. The van der Waals surface area contributed by atoms with Crippen LogP contribution in [0.5, 0.6) is 0 Å². The van der Waals surface area contributed by atoms with E-state index in [0.717, 1.165) is 0 Å². The molecule has 278 valence electrons. The predicted octanol–water partition coefficient (Wildman–Crippen LogP) is 16.9. The van der Waals surface area contributed by atoms with Gasteiger partial charge < -0.3 is 0 Å². The van der Waals surface area contributed by atoms with Crippen LogP contribution >= 0.6 is 0 Å². The molecule has 0 saturated heterocycles. The molecule has 0 nitrogen and oxygen atoms in total. The van der Waals surface area contributed by atoms with Crippen molar-refractivity contribution in [2.24, 2.45) is 0 Å². The second-order valence-electron chi connectivity index (χ2n) is 16.0. The third-order valence-corrected chi connectivity index (χ3v) is 12.6. The van der Waals surface area contributed by atoms with Crippen LogP contribution in [0.2, 0.25) is 0 Å². The Morgan fingerprint density at radius 3 is 0.967 bits per heavy atom. The van der Waals surface area contributed by atoms with E-state index in [4.69, 9.17) is 0 Å². The Morgan fingerprint density at radius 2 is 0.483 bits per heavy atom. The highest BCUT2D eigenvalue weighted by Crippen LogP contribution is 2.46. The SMILES string of the molecule is c1ccc(-c2cc(-c3ccccc3)cc(-c3ccc4ccc(-c5c6ccccc6c(-c6ccc7c8ccccc8c8ccccc8c7c6)c6ccccc56)cc4c3)c2)cc1. The standard InChI is InChI=1S/C60H38/c1-3-15-39(16-4-1)46-35-47(40-17-5-2-6-18-40)37-48(36-46)42-29-27-41-28-30-43(34-45(41)33-42)59-54-23-11-13-25-56(54)60(57-26-14-12-24-55(57)59)44-31-32-53-51-21-8-7-19-49(51)50-20-9-10-22-52(50)58(53)38-44/h1-38H. The highest BCUT2D eigenvalue weighted by atomic mass is 14.2. The first-order valence-electron chi connectivity index (χ1n) is 20.8. The molecule has 0 aromatic heterocycles. The Hall–Kier alpha value is -7.80. The number of benzene rings is 12. The van der Waals surface area contributed by atoms with E-state index in [1.807, 2.05) is 0 Å². The molecule has 0 spiro atoms. The minimum Gasteiger partial charge on any atom is -0.0622 e. The van der Waals surface area contributed by atoms with Crippen molar-refractivity contribution < 1.29 is 0 Å². The molecule has 0 aliphatic carbocycles. The summed E-state index contributed by atoms with van der Waals surface area (Å²) < 4.78 is 0. The van der Waals surface area contributed by atoms with Crippen LogP contribution in [-0.4, -0.2) is 0 Å². The van der Waals surface area contributed by atoms with Crippen molar-refractivity contribution >= 4 is 64.6 Å². The van der Waals surface area contributed by atoms with Crippen LogP contribution in [0.25, 0.3) is 120 Å². The molecule has 60 heavy (non-hydrogen) atoms. The lowest BCUT2D eigenvalue weighted by atomic mass is 9.84. The van der Waals surface area contributed by atoms with Gasteiger partial charge in [-0.25, -0.2) is 0 Å². The number of rotatable bonds is 5. The Labute approximate surface area is 349 Å². The van der Waals surface area contributed by atoms with Gasteiger partial charge in [0.2, 0.25) is 0 Å². The minimum absolute atomic E-state index is 1.20. The second kappa shape index (κ2) is 13.9. The zero-order chi connectivity index (χ0) is 39.6. The average molecular weight is 759 g/mol. The van der Waals surface area contributed by atoms with Gasteiger partial charge in [0, 0.05) is 0 Å². The maximum Gasteiger partial charge on any atom is -0.00261 e. The summed E-state index contributed by atoms with van der Waals surface area (Å²) in [6.07, 6.45) is 0. The Bertz CT molecular complexity index is 3480. The molecule has 0 radical (unpaired) electrons. The van der Waals surface area contributed by atoms with E-state index in [0.29, 0.717) is 0 Å². The molecule has 0 heterocycles. The van der Waals surface area contributed by atoms with Gasteiger partial charge in [-0.05, 0) is 157 Å². The lowest BCUT2D eigenvalue weighted by molar-refractivity contribution is 1.57. The van der Waals surface area contributed by atoms with Gasteiger partial charge in [-0.3, -0.25) is 0 Å². The van der Waals surface area contributed by atoms with Gasteiger partial charge in [0.15, 0.2) is 0 Å². The maximum absolute atomic E-state index is 2.44. The fraction of sp³-hybridized carbons (Fsp3) is 0. The number of fused-ring (bicyclic) bond motifs is 9. The van der Waals surface area contributed by atoms with E-state index in [2.05, 4.69) is 231 Å². The summed E-state index contributed by atoms with van der Waals surface area (Å²) in [7, 11) is 0. The molecule has 0 aliphatic rings. The van der Waals surface area contributed by atoms with Crippen molar-refractivity contribution in [1.82, 2.24) is 0 Å². The molecular formula is C60H38. The van der Waals surface area contributed by atoms with Crippen molar-refractivity contribution in [2.75, 3.05) is 0 Å². The van der Waals surface area contributed by atoms with Gasteiger partial charge in [0.25, 0.3) is 0 Å². The fourth-order valence-electron chi connectivity index (χ4n) is 9.78. The molecule has 0 amide bonds. The predicted molar refractivity (Wildman–Crippen MR) is 259 cm³/mol. The molecule has 12 aromatic rings. The van der Waals surface area contributed by atoms with Crippen molar-refractivity contribution in [3.05, 3.63) is 231 Å². The van der Waals surface area contributed by atoms with E-state index >= 15 is 0 Å². The lowest BCUT2D eigenvalue weighted by Crippen LogP contribution is -1.91. The van der Waals surface area contributed by atoms with E-state index in [9.17, 15) is 0 Å². The van der Waals surface area contributed by atoms with Gasteiger partial charge >= 0.3 is 0 Å². The van der Waals surface area contributed by atoms with Crippen molar-refractivity contribution in [3.8, 4) is 55.6 Å². The van der Waals surface area contributed by atoms with Crippen LogP contribution in [-0.2, 0) is 0 Å². The van der Waals surface area contributed by atoms with Crippen LogP contribution in [0.1, 0.15) is 0 Å². The van der Waals surface area contributed by atoms with Crippen molar-refractivity contribution in [3.63, 3.8) is 0 Å². The smallest absolute Gasteiger partial charge is 0.00261 e. The van der Waals surface area contributed by atoms with Crippen LogP contribution < -0.4 is 0 Å². The van der Waals surface area contributed by atoms with Gasteiger partial charge in [0.05, 0.1) is 0 Å². The Kier molecular flexibility index (Phi) is 7.96. The lowest BCUT2D eigenvalue weighted by Gasteiger charge is -2.19. The van der Waals surface area contributed by atoms with Crippen LogP contribution in [0.3, 0.4) is 0 Å². The van der Waals surface area contributed by atoms with E-state index in [1.54, 1.807) is 0 Å². The van der Waals surface area contributed by atoms with Crippen LogP contribution in [0.4, 0.5) is 0 Å². The molecule has 0 bridgehead atoms. The molecule has 0 N–H and O–H groups in total. The third kappa shape index (κ3) is 5.61. The molecule has 12 rings (SSSR count). The first kappa shape index (κ1) is 34.3. The monoisotopic (exact) mass is 758 g/mol. The number of hydrogen-bond donors (Lipinski definition) is 0. The summed E-state index contributed by atoms with van der Waals surface area (Å²) >= 11 is 0.